The summed E-state index contributed by atoms with van der Waals surface area (Å²) in [5, 5.41) is 9.12. The summed E-state index contributed by atoms with van der Waals surface area (Å²) < 4.78 is 27.7. The highest BCUT2D eigenvalue weighted by atomic mass is 79.9. The quantitative estimate of drug-likeness (QED) is 0.843. The molecule has 7 heteroatoms. The molecule has 1 aromatic carbocycles. The maximum absolute atomic E-state index is 12.3. The van der Waals surface area contributed by atoms with E-state index in [0.717, 1.165) is 12.8 Å². The molecule has 110 valence electrons. The van der Waals surface area contributed by atoms with Crippen LogP contribution in [0.25, 0.3) is 0 Å². The van der Waals surface area contributed by atoms with Crippen molar-refractivity contribution < 1.29 is 18.3 Å². The van der Waals surface area contributed by atoms with E-state index in [9.17, 15) is 13.2 Å². The van der Waals surface area contributed by atoms with Crippen LogP contribution in [0.5, 0.6) is 0 Å². The second kappa shape index (κ2) is 5.46. The first kappa shape index (κ1) is 15.5. The molecule has 0 spiro atoms. The average molecular weight is 362 g/mol. The maximum atomic E-state index is 12.3. The zero-order valence-electron chi connectivity index (χ0n) is 11.2. The van der Waals surface area contributed by atoms with Crippen LogP contribution in [0.3, 0.4) is 0 Å². The van der Waals surface area contributed by atoms with E-state index in [1.54, 1.807) is 6.92 Å². The van der Waals surface area contributed by atoms with Crippen molar-refractivity contribution in [3.63, 3.8) is 0 Å². The van der Waals surface area contributed by atoms with Gasteiger partial charge in [-0.1, -0.05) is 15.9 Å². The van der Waals surface area contributed by atoms with Gasteiger partial charge < -0.3 is 5.11 Å². The van der Waals surface area contributed by atoms with Crippen molar-refractivity contribution in [3.05, 3.63) is 27.7 Å². The minimum absolute atomic E-state index is 0.0150. The van der Waals surface area contributed by atoms with E-state index in [-0.39, 0.29) is 16.5 Å². The van der Waals surface area contributed by atoms with Gasteiger partial charge in [0.25, 0.3) is 0 Å². The van der Waals surface area contributed by atoms with Gasteiger partial charge in [0.15, 0.2) is 0 Å². The van der Waals surface area contributed by atoms with E-state index in [2.05, 4.69) is 20.7 Å². The number of halogens is 1. The Kier molecular flexibility index (Phi) is 4.22. The summed E-state index contributed by atoms with van der Waals surface area (Å²) in [6, 6.07) is 2.50. The van der Waals surface area contributed by atoms with Gasteiger partial charge in [0.05, 0.1) is 10.5 Å². The number of sulfonamides is 1. The largest absolute Gasteiger partial charge is 0.478 e. The minimum atomic E-state index is -3.70. The number of hydrogen-bond acceptors (Lipinski definition) is 3. The molecule has 1 saturated carbocycles. The molecule has 2 N–H and O–H groups in total. The molecular weight excluding hydrogens is 346 g/mol. The van der Waals surface area contributed by atoms with Gasteiger partial charge in [0, 0.05) is 10.5 Å². The van der Waals surface area contributed by atoms with E-state index in [0.29, 0.717) is 16.0 Å². The van der Waals surface area contributed by atoms with Crippen LogP contribution >= 0.6 is 15.9 Å². The zero-order valence-corrected chi connectivity index (χ0v) is 13.6. The summed E-state index contributed by atoms with van der Waals surface area (Å²) >= 11 is 3.21. The fourth-order valence-corrected chi connectivity index (χ4v) is 4.01. The molecule has 2 rings (SSSR count). The second-order valence-corrected chi connectivity index (χ2v) is 7.70. The van der Waals surface area contributed by atoms with Gasteiger partial charge in [-0.25, -0.2) is 17.9 Å². The Bertz CT molecular complexity index is 653. The van der Waals surface area contributed by atoms with E-state index in [1.807, 2.05) is 6.92 Å². The van der Waals surface area contributed by atoms with Crippen LogP contribution in [0.15, 0.2) is 21.5 Å². The van der Waals surface area contributed by atoms with Crippen LogP contribution in [-0.4, -0.2) is 25.5 Å². The number of carboxylic acid groups (broad SMARTS) is 1. The third-order valence-corrected chi connectivity index (χ3v) is 5.89. The van der Waals surface area contributed by atoms with Gasteiger partial charge in [-0.15, -0.1) is 0 Å². The van der Waals surface area contributed by atoms with Crippen molar-refractivity contribution in [2.75, 3.05) is 0 Å². The normalized spacial score (nSPS) is 16.9. The lowest BCUT2D eigenvalue weighted by molar-refractivity contribution is 0.0695. The predicted molar refractivity (Wildman–Crippen MR) is 78.3 cm³/mol. The lowest BCUT2D eigenvalue weighted by atomic mass is 10.1. The first-order valence-corrected chi connectivity index (χ1v) is 8.56. The van der Waals surface area contributed by atoms with Gasteiger partial charge in [0.2, 0.25) is 10.0 Å². The summed E-state index contributed by atoms with van der Waals surface area (Å²) in [7, 11) is -3.70. The molecule has 1 aliphatic carbocycles. The highest BCUT2D eigenvalue weighted by molar-refractivity contribution is 9.10. The molecule has 0 saturated heterocycles. The molecular formula is C13H16BrNO4S. The molecule has 0 aliphatic heterocycles. The third-order valence-electron chi connectivity index (χ3n) is 3.53. The molecule has 0 radical (unpaired) electrons. The molecule has 1 unspecified atom stereocenters. The van der Waals surface area contributed by atoms with Crippen molar-refractivity contribution in [3.8, 4) is 0 Å². The van der Waals surface area contributed by atoms with E-state index < -0.39 is 16.0 Å². The zero-order chi connectivity index (χ0) is 15.1. The van der Waals surface area contributed by atoms with Crippen molar-refractivity contribution in [2.24, 2.45) is 5.92 Å². The molecule has 20 heavy (non-hydrogen) atoms. The summed E-state index contributed by atoms with van der Waals surface area (Å²) in [6.07, 6.45) is 2.06. The average Bonchev–Trinajstić information content (AvgIpc) is 3.15. The van der Waals surface area contributed by atoms with Gasteiger partial charge in [-0.2, -0.15) is 0 Å². The fraction of sp³-hybridized carbons (Fsp3) is 0.462. The van der Waals surface area contributed by atoms with Crippen molar-refractivity contribution >= 4 is 31.9 Å². The Morgan fingerprint density at radius 1 is 1.45 bits per heavy atom. The van der Waals surface area contributed by atoms with Crippen LogP contribution in [-0.2, 0) is 10.0 Å². The van der Waals surface area contributed by atoms with Gasteiger partial charge in [-0.3, -0.25) is 0 Å². The standard InChI is InChI=1S/C13H16BrNO4S/c1-7-11(13(16)17)5-10(6-12(7)14)20(18,19)15-8(2)9-3-4-9/h5-6,8-9,15H,3-4H2,1-2H3,(H,16,17). The molecule has 0 amide bonds. The summed E-state index contributed by atoms with van der Waals surface area (Å²) in [6.45, 7) is 3.46. The lowest BCUT2D eigenvalue weighted by Gasteiger charge is -2.14. The Labute approximate surface area is 126 Å². The molecule has 0 heterocycles. The monoisotopic (exact) mass is 361 g/mol. The smallest absolute Gasteiger partial charge is 0.336 e. The molecule has 5 nitrogen and oxygen atoms in total. The van der Waals surface area contributed by atoms with E-state index in [4.69, 9.17) is 5.11 Å². The number of rotatable bonds is 5. The van der Waals surface area contributed by atoms with Gasteiger partial charge >= 0.3 is 5.97 Å². The maximum Gasteiger partial charge on any atom is 0.336 e. The summed E-state index contributed by atoms with van der Waals surface area (Å²) in [4.78, 5) is 11.1. The first-order valence-electron chi connectivity index (χ1n) is 6.28. The Morgan fingerprint density at radius 3 is 2.55 bits per heavy atom. The lowest BCUT2D eigenvalue weighted by Crippen LogP contribution is -2.34. The van der Waals surface area contributed by atoms with Crippen molar-refractivity contribution in [1.82, 2.24) is 4.72 Å². The summed E-state index contributed by atoms with van der Waals surface area (Å²) in [5.41, 5.74) is 0.491. The molecule has 0 bridgehead atoms. The Balaban J connectivity index is 2.38. The fourth-order valence-electron chi connectivity index (χ4n) is 2.04. The van der Waals surface area contributed by atoms with Crippen LogP contribution in [0, 0.1) is 12.8 Å². The van der Waals surface area contributed by atoms with E-state index >= 15 is 0 Å². The number of nitrogens with one attached hydrogen (secondary N) is 1. The number of carboxylic acids is 1. The number of aromatic carboxylic acids is 1. The van der Waals surface area contributed by atoms with Crippen molar-refractivity contribution in [2.45, 2.75) is 37.6 Å². The van der Waals surface area contributed by atoms with Crippen LogP contribution in [0.4, 0.5) is 0 Å². The Morgan fingerprint density at radius 2 is 2.05 bits per heavy atom. The molecule has 0 aromatic heterocycles. The summed E-state index contributed by atoms with van der Waals surface area (Å²) in [5.74, 6) is -0.756. The highest BCUT2D eigenvalue weighted by Gasteiger charge is 2.31. The van der Waals surface area contributed by atoms with Crippen LogP contribution in [0.1, 0.15) is 35.7 Å². The first-order chi connectivity index (χ1) is 9.22. The highest BCUT2D eigenvalue weighted by Crippen LogP contribution is 2.33. The van der Waals surface area contributed by atoms with E-state index in [1.165, 1.54) is 12.1 Å². The molecule has 1 aliphatic rings. The van der Waals surface area contributed by atoms with Crippen molar-refractivity contribution in [1.29, 1.82) is 0 Å². The number of benzene rings is 1. The number of carbonyl (C=O) groups is 1. The van der Waals surface area contributed by atoms with Gasteiger partial charge in [0.1, 0.15) is 0 Å². The molecule has 1 fully saturated rings. The van der Waals surface area contributed by atoms with Crippen LogP contribution < -0.4 is 4.72 Å². The SMILES string of the molecule is Cc1c(Br)cc(S(=O)(=O)NC(C)C2CC2)cc1C(=O)O. The topological polar surface area (TPSA) is 83.5 Å². The minimum Gasteiger partial charge on any atom is -0.478 e. The van der Waals surface area contributed by atoms with Crippen LogP contribution in [0.2, 0.25) is 0 Å². The molecule has 1 aromatic rings. The molecule has 1 atom stereocenters. The predicted octanol–water partition coefficient (Wildman–Crippen LogP) is 2.53. The third kappa shape index (κ3) is 3.21. The van der Waals surface area contributed by atoms with Gasteiger partial charge in [-0.05, 0) is 50.3 Å². The Hall–Kier alpha value is -0.920. The number of hydrogen-bond donors (Lipinski definition) is 2. The second-order valence-electron chi connectivity index (χ2n) is 5.13.